The van der Waals surface area contributed by atoms with Gasteiger partial charge in [0.1, 0.15) is 12.4 Å². The molecule has 1 amide bonds. The van der Waals surface area contributed by atoms with Gasteiger partial charge in [0.05, 0.1) is 6.54 Å². The summed E-state index contributed by atoms with van der Waals surface area (Å²) in [5.41, 5.74) is 6.94. The summed E-state index contributed by atoms with van der Waals surface area (Å²) in [6.07, 6.45) is 0. The van der Waals surface area contributed by atoms with Gasteiger partial charge in [0, 0.05) is 17.3 Å². The van der Waals surface area contributed by atoms with Gasteiger partial charge in [0.15, 0.2) is 0 Å². The van der Waals surface area contributed by atoms with Gasteiger partial charge in [-0.15, -0.1) is 0 Å². The summed E-state index contributed by atoms with van der Waals surface area (Å²) in [6.45, 7) is 0.852. The number of carbonyl (C=O) groups excluding carboxylic acids is 1. The summed E-state index contributed by atoms with van der Waals surface area (Å²) >= 11 is 0. The Kier molecular flexibility index (Phi) is 4.39. The molecular formula is C15H16N2O2. The lowest BCUT2D eigenvalue weighted by Gasteiger charge is -2.08. The minimum atomic E-state index is -0.100. The Hall–Kier alpha value is -2.49. The molecule has 3 N–H and O–H groups in total. The van der Waals surface area contributed by atoms with Gasteiger partial charge in [0.2, 0.25) is 0 Å². The Morgan fingerprint density at radius 3 is 2.63 bits per heavy atom. The lowest BCUT2D eigenvalue weighted by Crippen LogP contribution is -2.28. The van der Waals surface area contributed by atoms with Crippen LogP contribution in [0.4, 0.5) is 5.69 Å². The first-order valence-electron chi connectivity index (χ1n) is 6.07. The number of anilines is 1. The van der Waals surface area contributed by atoms with Crippen LogP contribution in [0.15, 0.2) is 54.6 Å². The highest BCUT2D eigenvalue weighted by Gasteiger charge is 2.03. The van der Waals surface area contributed by atoms with Crippen molar-refractivity contribution in [2.45, 2.75) is 0 Å². The van der Waals surface area contributed by atoms with Crippen LogP contribution in [0.25, 0.3) is 0 Å². The molecule has 0 atom stereocenters. The van der Waals surface area contributed by atoms with Gasteiger partial charge in [-0.2, -0.15) is 0 Å². The zero-order valence-electron chi connectivity index (χ0n) is 10.5. The molecule has 0 aliphatic rings. The average molecular weight is 256 g/mol. The SMILES string of the molecule is Nc1cccc(OCCNC(=O)c2ccccc2)c1. The summed E-state index contributed by atoms with van der Waals surface area (Å²) in [5, 5.41) is 2.79. The minimum absolute atomic E-state index is 0.100. The van der Waals surface area contributed by atoms with E-state index >= 15 is 0 Å². The third-order valence-electron chi connectivity index (χ3n) is 2.55. The van der Waals surface area contributed by atoms with Gasteiger partial charge in [0.25, 0.3) is 5.91 Å². The van der Waals surface area contributed by atoms with Gasteiger partial charge < -0.3 is 15.8 Å². The maximum atomic E-state index is 11.7. The maximum absolute atomic E-state index is 11.7. The number of hydrogen-bond donors (Lipinski definition) is 2. The molecule has 0 aliphatic heterocycles. The van der Waals surface area contributed by atoms with Gasteiger partial charge in [-0.25, -0.2) is 0 Å². The second kappa shape index (κ2) is 6.44. The molecule has 0 saturated heterocycles. The summed E-state index contributed by atoms with van der Waals surface area (Å²) in [7, 11) is 0. The summed E-state index contributed by atoms with van der Waals surface area (Å²) in [4.78, 5) is 11.7. The number of benzene rings is 2. The molecule has 0 unspecified atom stereocenters. The number of hydrogen-bond acceptors (Lipinski definition) is 3. The second-order valence-electron chi connectivity index (χ2n) is 4.04. The monoisotopic (exact) mass is 256 g/mol. The van der Waals surface area contributed by atoms with E-state index in [9.17, 15) is 4.79 Å². The molecule has 0 aliphatic carbocycles. The topological polar surface area (TPSA) is 64.3 Å². The van der Waals surface area contributed by atoms with Gasteiger partial charge in [-0.05, 0) is 24.3 Å². The Balaban J connectivity index is 1.74. The number of ether oxygens (including phenoxy) is 1. The van der Waals surface area contributed by atoms with Crippen molar-refractivity contribution in [2.75, 3.05) is 18.9 Å². The van der Waals surface area contributed by atoms with Crippen LogP contribution in [-0.2, 0) is 0 Å². The quantitative estimate of drug-likeness (QED) is 0.636. The van der Waals surface area contributed by atoms with Crippen molar-refractivity contribution in [2.24, 2.45) is 0 Å². The van der Waals surface area contributed by atoms with E-state index in [2.05, 4.69) is 5.32 Å². The minimum Gasteiger partial charge on any atom is -0.492 e. The zero-order chi connectivity index (χ0) is 13.5. The van der Waals surface area contributed by atoms with Crippen LogP contribution >= 0.6 is 0 Å². The molecule has 0 aromatic heterocycles. The van der Waals surface area contributed by atoms with E-state index in [-0.39, 0.29) is 5.91 Å². The Labute approximate surface area is 112 Å². The van der Waals surface area contributed by atoms with Crippen LogP contribution < -0.4 is 15.8 Å². The fraction of sp³-hybridized carbons (Fsp3) is 0.133. The van der Waals surface area contributed by atoms with E-state index in [1.165, 1.54) is 0 Å². The first-order valence-corrected chi connectivity index (χ1v) is 6.07. The molecule has 4 heteroatoms. The predicted octanol–water partition coefficient (Wildman–Crippen LogP) is 2.08. The molecule has 0 bridgehead atoms. The van der Waals surface area contributed by atoms with Crippen molar-refractivity contribution >= 4 is 11.6 Å². The average Bonchev–Trinajstić information content (AvgIpc) is 2.44. The molecule has 2 aromatic carbocycles. The van der Waals surface area contributed by atoms with Gasteiger partial charge in [-0.3, -0.25) is 4.79 Å². The lowest BCUT2D eigenvalue weighted by atomic mass is 10.2. The van der Waals surface area contributed by atoms with Crippen LogP contribution in [0.5, 0.6) is 5.75 Å². The fourth-order valence-electron chi connectivity index (χ4n) is 1.63. The number of amides is 1. The normalized spacial score (nSPS) is 9.89. The standard InChI is InChI=1S/C15H16N2O2/c16-13-7-4-8-14(11-13)19-10-9-17-15(18)12-5-2-1-3-6-12/h1-8,11H,9-10,16H2,(H,17,18). The van der Waals surface area contributed by atoms with Crippen molar-refractivity contribution in [1.29, 1.82) is 0 Å². The predicted molar refractivity (Wildman–Crippen MR) is 75.1 cm³/mol. The van der Waals surface area contributed by atoms with E-state index in [4.69, 9.17) is 10.5 Å². The van der Waals surface area contributed by atoms with Crippen LogP contribution in [-0.4, -0.2) is 19.1 Å². The molecule has 19 heavy (non-hydrogen) atoms. The van der Waals surface area contributed by atoms with Gasteiger partial charge >= 0.3 is 0 Å². The fourth-order valence-corrected chi connectivity index (χ4v) is 1.63. The van der Waals surface area contributed by atoms with Crippen LogP contribution in [0, 0.1) is 0 Å². The summed E-state index contributed by atoms with van der Waals surface area (Å²) < 4.78 is 5.48. The summed E-state index contributed by atoms with van der Waals surface area (Å²) in [6, 6.07) is 16.3. The number of rotatable bonds is 5. The van der Waals surface area contributed by atoms with E-state index in [0.717, 1.165) is 0 Å². The van der Waals surface area contributed by atoms with Crippen molar-refractivity contribution < 1.29 is 9.53 Å². The van der Waals surface area contributed by atoms with E-state index in [1.807, 2.05) is 30.3 Å². The molecular weight excluding hydrogens is 240 g/mol. The highest BCUT2D eigenvalue weighted by molar-refractivity contribution is 5.94. The lowest BCUT2D eigenvalue weighted by molar-refractivity contribution is 0.0947. The largest absolute Gasteiger partial charge is 0.492 e. The summed E-state index contributed by atoms with van der Waals surface area (Å²) in [5.74, 6) is 0.603. The number of nitrogen functional groups attached to an aromatic ring is 1. The molecule has 2 rings (SSSR count). The smallest absolute Gasteiger partial charge is 0.251 e. The number of nitrogens with two attached hydrogens (primary N) is 1. The van der Waals surface area contributed by atoms with Crippen LogP contribution in [0.2, 0.25) is 0 Å². The van der Waals surface area contributed by atoms with Crippen LogP contribution in [0.1, 0.15) is 10.4 Å². The molecule has 0 radical (unpaired) electrons. The molecule has 98 valence electrons. The third kappa shape index (κ3) is 4.03. The molecule has 0 spiro atoms. The van der Waals surface area contributed by atoms with E-state index < -0.39 is 0 Å². The van der Waals surface area contributed by atoms with Crippen LogP contribution in [0.3, 0.4) is 0 Å². The highest BCUT2D eigenvalue weighted by Crippen LogP contribution is 2.13. The van der Waals surface area contributed by atoms with Crippen molar-refractivity contribution in [3.05, 3.63) is 60.2 Å². The third-order valence-corrected chi connectivity index (χ3v) is 2.55. The highest BCUT2D eigenvalue weighted by atomic mass is 16.5. The maximum Gasteiger partial charge on any atom is 0.251 e. The first-order chi connectivity index (χ1) is 9.25. The number of carbonyl (C=O) groups is 1. The van der Waals surface area contributed by atoms with Crippen molar-refractivity contribution in [3.8, 4) is 5.75 Å². The Bertz CT molecular complexity index is 541. The van der Waals surface area contributed by atoms with E-state index in [1.54, 1.807) is 24.3 Å². The second-order valence-corrected chi connectivity index (χ2v) is 4.04. The van der Waals surface area contributed by atoms with E-state index in [0.29, 0.717) is 30.2 Å². The Morgan fingerprint density at radius 1 is 1.11 bits per heavy atom. The van der Waals surface area contributed by atoms with Gasteiger partial charge in [-0.1, -0.05) is 24.3 Å². The zero-order valence-corrected chi connectivity index (χ0v) is 10.5. The molecule has 4 nitrogen and oxygen atoms in total. The molecule has 0 fully saturated rings. The molecule has 0 heterocycles. The number of nitrogens with one attached hydrogen (secondary N) is 1. The van der Waals surface area contributed by atoms with Crippen molar-refractivity contribution in [3.63, 3.8) is 0 Å². The first kappa shape index (κ1) is 13.0. The van der Waals surface area contributed by atoms with Crippen molar-refractivity contribution in [1.82, 2.24) is 5.32 Å². The molecule has 2 aromatic rings. The Morgan fingerprint density at radius 2 is 1.89 bits per heavy atom. The molecule has 0 saturated carbocycles.